The van der Waals surface area contributed by atoms with Gasteiger partial charge in [0.2, 0.25) is 0 Å². The number of carbonyl (C=O) groups is 3. The van der Waals surface area contributed by atoms with Crippen LogP contribution in [0, 0.1) is 0 Å². The van der Waals surface area contributed by atoms with Crippen molar-refractivity contribution in [1.29, 1.82) is 0 Å². The lowest BCUT2D eigenvalue weighted by molar-refractivity contribution is -0.161. The van der Waals surface area contributed by atoms with Gasteiger partial charge in [0.15, 0.2) is 6.10 Å². The maximum atomic E-state index is 12.6. The minimum Gasteiger partial charge on any atom is -0.480 e. The molecule has 1 saturated heterocycles. The predicted molar refractivity (Wildman–Crippen MR) is 207 cm³/mol. The Bertz CT molecular complexity index is 1070. The number of carboxylic acid groups (broad SMARTS) is 1. The van der Waals surface area contributed by atoms with Crippen molar-refractivity contribution < 1.29 is 52.2 Å². The first-order valence-corrected chi connectivity index (χ1v) is 22.0. The van der Waals surface area contributed by atoms with Crippen LogP contribution in [0.4, 0.5) is 0 Å². The molecule has 1 rings (SSSR count). The molecule has 1 aliphatic heterocycles. The molecule has 0 aromatic heterocycles. The second kappa shape index (κ2) is 32.2. The highest BCUT2D eigenvalue weighted by Gasteiger charge is 2.36. The first-order valence-electron chi connectivity index (χ1n) is 20.5. The number of epoxide rings is 1. The van der Waals surface area contributed by atoms with Gasteiger partial charge < -0.3 is 29.9 Å². The Morgan fingerprint density at radius 3 is 1.83 bits per heavy atom. The van der Waals surface area contributed by atoms with E-state index in [2.05, 4.69) is 42.7 Å². The van der Waals surface area contributed by atoms with Crippen LogP contribution in [0.1, 0.15) is 168 Å². The molecule has 0 bridgehead atoms. The zero-order valence-corrected chi connectivity index (χ0v) is 33.7. The number of rotatable bonds is 37. The van der Waals surface area contributed by atoms with Crippen LogP contribution in [0.15, 0.2) is 24.3 Å². The number of phosphoric acid groups is 1. The standard InChI is InChI=1S/C40H72NO11P/c1-3-5-7-9-11-12-13-14-15-16-17-21-25-29-38(42)48-31-34(32-49-53(46,47)50-33-35(41)40(44)45)51-39(43)30-26-22-18-20-24-28-37-36(52-37)27-23-19-10-8-6-4-2/h12-13,19,23,34-37H,3-11,14-18,20-22,24-33,41H2,1-2H3,(H,44,45)(H,46,47)/b13-12-,23-19-/t34-,35+,36?,37?/m1/s1. The number of hydrogen-bond donors (Lipinski definition) is 3. The van der Waals surface area contributed by atoms with E-state index in [9.17, 15) is 23.8 Å². The van der Waals surface area contributed by atoms with Crippen LogP contribution in [-0.2, 0) is 42.2 Å². The highest BCUT2D eigenvalue weighted by atomic mass is 31.2. The Morgan fingerprint density at radius 2 is 1.19 bits per heavy atom. The van der Waals surface area contributed by atoms with Crippen LogP contribution in [0.2, 0.25) is 0 Å². The zero-order valence-electron chi connectivity index (χ0n) is 32.8. The summed E-state index contributed by atoms with van der Waals surface area (Å²) >= 11 is 0. The largest absolute Gasteiger partial charge is 0.480 e. The second-order valence-electron chi connectivity index (χ2n) is 14.1. The summed E-state index contributed by atoms with van der Waals surface area (Å²) in [6.07, 6.45) is 32.6. The number of carbonyl (C=O) groups excluding carboxylic acids is 2. The van der Waals surface area contributed by atoms with E-state index in [4.69, 9.17) is 29.6 Å². The molecule has 12 nitrogen and oxygen atoms in total. The summed E-state index contributed by atoms with van der Waals surface area (Å²) in [6.45, 7) is 2.71. The fourth-order valence-corrected chi connectivity index (χ4v) is 6.49. The van der Waals surface area contributed by atoms with Crippen LogP contribution in [0.3, 0.4) is 0 Å². The molecule has 0 spiro atoms. The van der Waals surface area contributed by atoms with Crippen LogP contribution < -0.4 is 5.73 Å². The van der Waals surface area contributed by atoms with Crippen LogP contribution in [-0.4, -0.2) is 72.1 Å². The van der Waals surface area contributed by atoms with Crippen molar-refractivity contribution in [1.82, 2.24) is 0 Å². The molecule has 0 aliphatic carbocycles. The van der Waals surface area contributed by atoms with E-state index in [-0.39, 0.29) is 19.4 Å². The Balaban J connectivity index is 2.32. The van der Waals surface area contributed by atoms with Gasteiger partial charge in [-0.1, -0.05) is 115 Å². The molecule has 3 unspecified atom stereocenters. The van der Waals surface area contributed by atoms with Crippen LogP contribution in [0.25, 0.3) is 0 Å². The third kappa shape index (κ3) is 29.9. The molecule has 0 amide bonds. The summed E-state index contributed by atoms with van der Waals surface area (Å²) in [4.78, 5) is 45.9. The van der Waals surface area contributed by atoms with Gasteiger partial charge in [-0.05, 0) is 64.2 Å². The normalized spacial score (nSPS) is 17.9. The average molecular weight is 774 g/mol. The molecule has 53 heavy (non-hydrogen) atoms. The lowest BCUT2D eigenvalue weighted by atomic mass is 10.1. The first-order chi connectivity index (χ1) is 25.6. The monoisotopic (exact) mass is 773 g/mol. The van der Waals surface area contributed by atoms with Gasteiger partial charge in [-0.2, -0.15) is 0 Å². The summed E-state index contributed by atoms with van der Waals surface area (Å²) < 4.78 is 38.4. The number of aliphatic carboxylic acids is 1. The minimum absolute atomic E-state index is 0.137. The Morgan fingerprint density at radius 1 is 0.679 bits per heavy atom. The number of esters is 2. The zero-order chi connectivity index (χ0) is 39.0. The number of phosphoric ester groups is 1. The maximum absolute atomic E-state index is 12.6. The van der Waals surface area contributed by atoms with Gasteiger partial charge >= 0.3 is 25.7 Å². The molecule has 1 aliphatic rings. The molecule has 0 saturated carbocycles. The molecule has 13 heteroatoms. The SMILES string of the molecule is CCCCC/C=C\CC1OC1CCCCCCCC(=O)O[C@H](COC(=O)CCCCCCC/C=C\CCCCCC)COP(=O)(O)OC[C@H](N)C(=O)O. The molecular formula is C40H72NO11P. The van der Waals surface area contributed by atoms with E-state index in [0.717, 1.165) is 83.5 Å². The summed E-state index contributed by atoms with van der Waals surface area (Å²) in [5.74, 6) is -2.42. The average Bonchev–Trinajstić information content (AvgIpc) is 3.89. The van der Waals surface area contributed by atoms with E-state index in [0.29, 0.717) is 25.0 Å². The number of unbranched alkanes of at least 4 members (excludes halogenated alkanes) is 16. The van der Waals surface area contributed by atoms with Crippen molar-refractivity contribution in [2.75, 3.05) is 19.8 Å². The Labute approximate surface area is 319 Å². The van der Waals surface area contributed by atoms with Crippen molar-refractivity contribution >= 4 is 25.7 Å². The van der Waals surface area contributed by atoms with Gasteiger partial charge in [0.05, 0.1) is 25.4 Å². The van der Waals surface area contributed by atoms with Gasteiger partial charge in [-0.3, -0.25) is 23.4 Å². The van der Waals surface area contributed by atoms with E-state index < -0.39 is 51.1 Å². The fraction of sp³-hybridized carbons (Fsp3) is 0.825. The molecule has 0 aromatic carbocycles. The third-order valence-corrected chi connectivity index (χ3v) is 10.0. The van der Waals surface area contributed by atoms with Gasteiger partial charge in [-0.25, -0.2) is 4.57 Å². The summed E-state index contributed by atoms with van der Waals surface area (Å²) in [7, 11) is -4.72. The van der Waals surface area contributed by atoms with Gasteiger partial charge in [0, 0.05) is 12.8 Å². The highest BCUT2D eigenvalue weighted by molar-refractivity contribution is 7.47. The fourth-order valence-electron chi connectivity index (χ4n) is 5.71. The van der Waals surface area contributed by atoms with Gasteiger partial charge in [0.25, 0.3) is 0 Å². The quantitative estimate of drug-likeness (QED) is 0.0179. The number of carboxylic acids is 1. The third-order valence-electron chi connectivity index (χ3n) is 9.10. The van der Waals surface area contributed by atoms with Crippen molar-refractivity contribution in [2.24, 2.45) is 5.73 Å². The van der Waals surface area contributed by atoms with E-state index in [1.807, 2.05) is 0 Å². The molecule has 0 radical (unpaired) electrons. The Kier molecular flexibility index (Phi) is 29.7. The van der Waals surface area contributed by atoms with Crippen LogP contribution in [0.5, 0.6) is 0 Å². The number of hydrogen-bond acceptors (Lipinski definition) is 10. The van der Waals surface area contributed by atoms with Crippen LogP contribution >= 0.6 is 7.82 Å². The number of allylic oxidation sites excluding steroid dienone is 3. The van der Waals surface area contributed by atoms with Crippen molar-refractivity contribution in [2.45, 2.75) is 192 Å². The molecule has 0 aromatic rings. The lowest BCUT2D eigenvalue weighted by Crippen LogP contribution is -2.34. The molecule has 5 atom stereocenters. The summed E-state index contributed by atoms with van der Waals surface area (Å²) in [6, 6.07) is -1.53. The molecule has 4 N–H and O–H groups in total. The smallest absolute Gasteiger partial charge is 0.472 e. The molecule has 1 fully saturated rings. The lowest BCUT2D eigenvalue weighted by Gasteiger charge is -2.20. The topological polar surface area (TPSA) is 184 Å². The first kappa shape index (κ1) is 48.9. The number of ether oxygens (including phenoxy) is 3. The van der Waals surface area contributed by atoms with Crippen molar-refractivity contribution in [3.63, 3.8) is 0 Å². The van der Waals surface area contributed by atoms with E-state index >= 15 is 0 Å². The van der Waals surface area contributed by atoms with Gasteiger partial charge in [0.1, 0.15) is 12.6 Å². The predicted octanol–water partition coefficient (Wildman–Crippen LogP) is 9.27. The molecule has 1 heterocycles. The Hall–Kier alpha value is -2.08. The second-order valence-corrected chi connectivity index (χ2v) is 15.6. The minimum atomic E-state index is -4.72. The summed E-state index contributed by atoms with van der Waals surface area (Å²) in [5.41, 5.74) is 5.32. The number of nitrogens with two attached hydrogens (primary N) is 1. The van der Waals surface area contributed by atoms with E-state index in [1.54, 1.807) is 0 Å². The maximum Gasteiger partial charge on any atom is 0.472 e. The molecule has 308 valence electrons. The van der Waals surface area contributed by atoms with E-state index in [1.165, 1.54) is 44.9 Å². The molecular weight excluding hydrogens is 701 g/mol. The van der Waals surface area contributed by atoms with Crippen molar-refractivity contribution in [3.05, 3.63) is 24.3 Å². The van der Waals surface area contributed by atoms with Gasteiger partial charge in [-0.15, -0.1) is 0 Å². The summed E-state index contributed by atoms with van der Waals surface area (Å²) in [5, 5.41) is 8.87. The van der Waals surface area contributed by atoms with Crippen molar-refractivity contribution in [3.8, 4) is 0 Å². The highest BCUT2D eigenvalue weighted by Crippen LogP contribution is 2.43.